The summed E-state index contributed by atoms with van der Waals surface area (Å²) < 4.78 is 0. The minimum absolute atomic E-state index is 0.00797. The van der Waals surface area contributed by atoms with Crippen LogP contribution in [0.3, 0.4) is 0 Å². The number of rotatable bonds is 5. The van der Waals surface area contributed by atoms with Gasteiger partial charge in [0.15, 0.2) is 0 Å². The van der Waals surface area contributed by atoms with Gasteiger partial charge in [0.05, 0.1) is 5.25 Å². The van der Waals surface area contributed by atoms with Crippen molar-refractivity contribution in [2.24, 2.45) is 0 Å². The molecule has 94 valence electrons. The van der Waals surface area contributed by atoms with Crippen LogP contribution in [0.5, 0.6) is 0 Å². The van der Waals surface area contributed by atoms with Crippen molar-refractivity contribution in [1.29, 1.82) is 0 Å². The molecule has 0 aliphatic carbocycles. The number of hydrogen-bond donors (Lipinski definition) is 2. The second-order valence-corrected chi connectivity index (χ2v) is 5.81. The van der Waals surface area contributed by atoms with Crippen molar-refractivity contribution < 1.29 is 4.79 Å². The molecule has 0 aromatic heterocycles. The average Bonchev–Trinajstić information content (AvgIpc) is 2.27. The molecular weight excluding hydrogens is 230 g/mol. The van der Waals surface area contributed by atoms with Crippen LogP contribution in [0.1, 0.15) is 32.8 Å². The molecule has 17 heavy (non-hydrogen) atoms. The number of amides is 1. The van der Waals surface area contributed by atoms with E-state index in [4.69, 9.17) is 0 Å². The standard InChI is InChI=1S/C14H21NOS/c1-11(17)13(16)15-14(2,3)10-9-12-7-5-4-6-8-12/h4-8,11,17H,9-10H2,1-3H3,(H,15,16). The monoisotopic (exact) mass is 251 g/mol. The summed E-state index contributed by atoms with van der Waals surface area (Å²) in [4.78, 5) is 11.6. The summed E-state index contributed by atoms with van der Waals surface area (Å²) in [7, 11) is 0. The topological polar surface area (TPSA) is 29.1 Å². The normalized spacial score (nSPS) is 13.2. The third-order valence-electron chi connectivity index (χ3n) is 2.72. The van der Waals surface area contributed by atoms with Gasteiger partial charge in [0, 0.05) is 5.54 Å². The fraction of sp³-hybridized carbons (Fsp3) is 0.500. The molecule has 1 aromatic carbocycles. The summed E-state index contributed by atoms with van der Waals surface area (Å²) in [5, 5.41) is 2.75. The molecule has 0 fully saturated rings. The Kier molecular flexibility index (Phi) is 5.06. The third-order valence-corrected chi connectivity index (χ3v) is 2.96. The largest absolute Gasteiger partial charge is 0.350 e. The maximum absolute atomic E-state index is 11.6. The first-order valence-corrected chi connectivity index (χ1v) is 6.46. The molecule has 0 saturated heterocycles. The van der Waals surface area contributed by atoms with Gasteiger partial charge < -0.3 is 5.32 Å². The fourth-order valence-corrected chi connectivity index (χ4v) is 1.67. The summed E-state index contributed by atoms with van der Waals surface area (Å²) in [6, 6.07) is 10.3. The molecular formula is C14H21NOS. The molecule has 0 radical (unpaired) electrons. The van der Waals surface area contributed by atoms with Crippen molar-refractivity contribution in [3.63, 3.8) is 0 Å². The van der Waals surface area contributed by atoms with Gasteiger partial charge in [0.25, 0.3) is 0 Å². The van der Waals surface area contributed by atoms with Crippen LogP contribution in [-0.2, 0) is 11.2 Å². The first-order valence-electron chi connectivity index (χ1n) is 5.95. The van der Waals surface area contributed by atoms with E-state index in [0.717, 1.165) is 12.8 Å². The van der Waals surface area contributed by atoms with Gasteiger partial charge in [0.1, 0.15) is 0 Å². The van der Waals surface area contributed by atoms with E-state index >= 15 is 0 Å². The molecule has 1 aromatic rings. The smallest absolute Gasteiger partial charge is 0.232 e. The van der Waals surface area contributed by atoms with Crippen molar-refractivity contribution in [3.8, 4) is 0 Å². The molecule has 0 spiro atoms. The van der Waals surface area contributed by atoms with Gasteiger partial charge in [-0.15, -0.1) is 0 Å². The molecule has 1 unspecified atom stereocenters. The molecule has 0 aliphatic rings. The quantitative estimate of drug-likeness (QED) is 0.774. The lowest BCUT2D eigenvalue weighted by atomic mass is 9.95. The number of aryl methyl sites for hydroxylation is 1. The highest BCUT2D eigenvalue weighted by atomic mass is 32.1. The van der Waals surface area contributed by atoms with E-state index in [2.05, 4.69) is 30.1 Å². The van der Waals surface area contributed by atoms with Crippen molar-refractivity contribution in [3.05, 3.63) is 35.9 Å². The molecule has 0 saturated carbocycles. The van der Waals surface area contributed by atoms with E-state index < -0.39 is 0 Å². The van der Waals surface area contributed by atoms with Gasteiger partial charge >= 0.3 is 0 Å². The molecule has 2 nitrogen and oxygen atoms in total. The molecule has 1 rings (SSSR count). The Morgan fingerprint density at radius 2 is 1.94 bits per heavy atom. The summed E-state index contributed by atoms with van der Waals surface area (Å²) >= 11 is 4.13. The van der Waals surface area contributed by atoms with Crippen LogP contribution in [0.25, 0.3) is 0 Å². The zero-order valence-corrected chi connectivity index (χ0v) is 11.6. The number of hydrogen-bond acceptors (Lipinski definition) is 2. The van der Waals surface area contributed by atoms with Crippen molar-refractivity contribution >= 4 is 18.5 Å². The average molecular weight is 251 g/mol. The lowest BCUT2D eigenvalue weighted by Gasteiger charge is -2.27. The zero-order chi connectivity index (χ0) is 12.9. The van der Waals surface area contributed by atoms with Gasteiger partial charge in [-0.3, -0.25) is 4.79 Å². The second-order valence-electron chi connectivity index (χ2n) is 5.03. The maximum atomic E-state index is 11.6. The highest BCUT2D eigenvalue weighted by molar-refractivity contribution is 7.81. The Hall–Kier alpha value is -0.960. The number of carbonyl (C=O) groups excluding carboxylic acids is 1. The Morgan fingerprint density at radius 3 is 2.47 bits per heavy atom. The highest BCUT2D eigenvalue weighted by Crippen LogP contribution is 2.14. The summed E-state index contributed by atoms with van der Waals surface area (Å²) in [5.41, 5.74) is 1.11. The van der Waals surface area contributed by atoms with E-state index in [0.29, 0.717) is 0 Å². The van der Waals surface area contributed by atoms with E-state index in [-0.39, 0.29) is 16.7 Å². The molecule has 0 heterocycles. The van der Waals surface area contributed by atoms with Gasteiger partial charge in [-0.25, -0.2) is 0 Å². The van der Waals surface area contributed by atoms with E-state index in [1.807, 2.05) is 32.0 Å². The number of thiol groups is 1. The number of carbonyl (C=O) groups is 1. The van der Waals surface area contributed by atoms with Gasteiger partial charge in [-0.2, -0.15) is 12.6 Å². The van der Waals surface area contributed by atoms with Crippen molar-refractivity contribution in [2.45, 2.75) is 44.4 Å². The SMILES string of the molecule is CC(S)C(=O)NC(C)(C)CCc1ccccc1. The molecule has 0 aliphatic heterocycles. The molecule has 1 amide bonds. The number of benzene rings is 1. The minimum atomic E-state index is -0.258. The van der Waals surface area contributed by atoms with Crippen LogP contribution in [0, 0.1) is 0 Å². The zero-order valence-electron chi connectivity index (χ0n) is 10.7. The predicted octanol–water partition coefficient (Wildman–Crippen LogP) is 2.83. The first kappa shape index (κ1) is 14.1. The lowest BCUT2D eigenvalue weighted by molar-refractivity contribution is -0.121. The van der Waals surface area contributed by atoms with Crippen LogP contribution in [0.15, 0.2) is 30.3 Å². The summed E-state index contributed by atoms with van der Waals surface area (Å²) in [6.07, 6.45) is 1.89. The van der Waals surface area contributed by atoms with E-state index in [1.54, 1.807) is 6.92 Å². The van der Waals surface area contributed by atoms with Crippen molar-refractivity contribution in [2.75, 3.05) is 0 Å². The first-order chi connectivity index (χ1) is 7.91. The minimum Gasteiger partial charge on any atom is -0.350 e. The van der Waals surface area contributed by atoms with Crippen LogP contribution in [-0.4, -0.2) is 16.7 Å². The van der Waals surface area contributed by atoms with Gasteiger partial charge in [-0.1, -0.05) is 30.3 Å². The highest BCUT2D eigenvalue weighted by Gasteiger charge is 2.21. The third kappa shape index (κ3) is 5.26. The Labute approximate surface area is 109 Å². The van der Waals surface area contributed by atoms with Crippen LogP contribution in [0.4, 0.5) is 0 Å². The van der Waals surface area contributed by atoms with Gasteiger partial charge in [-0.05, 0) is 39.2 Å². The van der Waals surface area contributed by atoms with Crippen LogP contribution < -0.4 is 5.32 Å². The van der Waals surface area contributed by atoms with Crippen LogP contribution in [0.2, 0.25) is 0 Å². The molecule has 1 N–H and O–H groups in total. The summed E-state index contributed by atoms with van der Waals surface area (Å²) in [5.74, 6) is -0.00797. The van der Waals surface area contributed by atoms with E-state index in [1.165, 1.54) is 5.56 Å². The Balaban J connectivity index is 2.47. The molecule has 3 heteroatoms. The van der Waals surface area contributed by atoms with Gasteiger partial charge in [0.2, 0.25) is 5.91 Å². The van der Waals surface area contributed by atoms with Crippen molar-refractivity contribution in [1.82, 2.24) is 5.32 Å². The number of nitrogens with one attached hydrogen (secondary N) is 1. The Morgan fingerprint density at radius 1 is 1.35 bits per heavy atom. The Bertz CT molecular complexity index is 360. The van der Waals surface area contributed by atoms with E-state index in [9.17, 15) is 4.79 Å². The predicted molar refractivity (Wildman–Crippen MR) is 75.4 cm³/mol. The summed E-state index contributed by atoms with van der Waals surface area (Å²) in [6.45, 7) is 5.87. The molecule has 1 atom stereocenters. The second kappa shape index (κ2) is 6.10. The maximum Gasteiger partial charge on any atom is 0.232 e. The fourth-order valence-electron chi connectivity index (χ4n) is 1.60. The van der Waals surface area contributed by atoms with Crippen LogP contribution >= 0.6 is 12.6 Å². The lowest BCUT2D eigenvalue weighted by Crippen LogP contribution is -2.46. The molecule has 0 bridgehead atoms.